The van der Waals surface area contributed by atoms with Crippen LogP contribution in [0.3, 0.4) is 0 Å². The molecule has 2 aromatic rings. The van der Waals surface area contributed by atoms with Crippen LogP contribution in [0.4, 0.5) is 0 Å². The fourth-order valence-corrected chi connectivity index (χ4v) is 3.49. The second-order valence-electron chi connectivity index (χ2n) is 6.73. The first-order chi connectivity index (χ1) is 11.2. The SMILES string of the molecule is COc1ccc2c(c1)c(CCCN1CCNCC1)cn2C(C)C. The topological polar surface area (TPSA) is 29.4 Å². The molecule has 4 nitrogen and oxygen atoms in total. The van der Waals surface area contributed by atoms with Crippen molar-refractivity contribution in [2.45, 2.75) is 32.7 Å². The van der Waals surface area contributed by atoms with E-state index in [1.54, 1.807) is 7.11 Å². The first kappa shape index (κ1) is 16.3. The Balaban J connectivity index is 1.75. The molecule has 0 spiro atoms. The van der Waals surface area contributed by atoms with Crippen molar-refractivity contribution in [1.29, 1.82) is 0 Å². The molecule has 0 aliphatic carbocycles. The van der Waals surface area contributed by atoms with Gasteiger partial charge in [-0.2, -0.15) is 0 Å². The van der Waals surface area contributed by atoms with Gasteiger partial charge in [0.1, 0.15) is 5.75 Å². The molecule has 3 rings (SSSR count). The number of piperazine rings is 1. The van der Waals surface area contributed by atoms with Crippen LogP contribution in [-0.4, -0.2) is 49.3 Å². The predicted octanol–water partition coefficient (Wildman–Crippen LogP) is 3.07. The molecule has 0 amide bonds. The van der Waals surface area contributed by atoms with Gasteiger partial charge in [0.05, 0.1) is 7.11 Å². The quantitative estimate of drug-likeness (QED) is 0.888. The lowest BCUT2D eigenvalue weighted by Gasteiger charge is -2.26. The van der Waals surface area contributed by atoms with E-state index in [0.29, 0.717) is 6.04 Å². The smallest absolute Gasteiger partial charge is 0.119 e. The van der Waals surface area contributed by atoms with Crippen LogP contribution in [0.25, 0.3) is 10.9 Å². The van der Waals surface area contributed by atoms with Crippen molar-refractivity contribution >= 4 is 10.9 Å². The normalized spacial score (nSPS) is 16.3. The standard InChI is InChI=1S/C19H29N3O/c1-15(2)22-14-16(5-4-10-21-11-8-20-9-12-21)18-13-17(23-3)6-7-19(18)22/h6-7,13-15,20H,4-5,8-12H2,1-3H3. The number of fused-ring (bicyclic) bond motifs is 1. The molecule has 0 radical (unpaired) electrons. The van der Waals surface area contributed by atoms with Gasteiger partial charge in [0.15, 0.2) is 0 Å². The summed E-state index contributed by atoms with van der Waals surface area (Å²) in [6, 6.07) is 6.92. The van der Waals surface area contributed by atoms with Crippen LogP contribution in [0, 0.1) is 0 Å². The molecule has 23 heavy (non-hydrogen) atoms. The second kappa shape index (κ2) is 7.37. The zero-order valence-corrected chi connectivity index (χ0v) is 14.6. The second-order valence-corrected chi connectivity index (χ2v) is 6.73. The molecule has 0 saturated carbocycles. The maximum atomic E-state index is 5.42. The third-order valence-corrected chi connectivity index (χ3v) is 4.81. The summed E-state index contributed by atoms with van der Waals surface area (Å²) in [7, 11) is 1.74. The summed E-state index contributed by atoms with van der Waals surface area (Å²) in [5, 5.41) is 4.76. The number of nitrogens with one attached hydrogen (secondary N) is 1. The summed E-state index contributed by atoms with van der Waals surface area (Å²) >= 11 is 0. The van der Waals surface area contributed by atoms with Crippen LogP contribution in [0.5, 0.6) is 5.75 Å². The molecular weight excluding hydrogens is 286 g/mol. The van der Waals surface area contributed by atoms with Crippen molar-refractivity contribution in [2.75, 3.05) is 39.8 Å². The fourth-order valence-electron chi connectivity index (χ4n) is 3.49. The first-order valence-electron chi connectivity index (χ1n) is 8.79. The molecule has 1 aliphatic rings. The van der Waals surface area contributed by atoms with E-state index in [1.165, 1.54) is 42.5 Å². The summed E-state index contributed by atoms with van der Waals surface area (Å²) in [6.07, 6.45) is 4.69. The highest BCUT2D eigenvalue weighted by atomic mass is 16.5. The van der Waals surface area contributed by atoms with E-state index < -0.39 is 0 Å². The molecule has 1 saturated heterocycles. The van der Waals surface area contributed by atoms with Crippen molar-refractivity contribution in [2.24, 2.45) is 0 Å². The highest BCUT2D eigenvalue weighted by molar-refractivity contribution is 5.85. The summed E-state index contributed by atoms with van der Waals surface area (Å²) in [6.45, 7) is 10.3. The molecule has 0 bridgehead atoms. The molecule has 1 N–H and O–H groups in total. The Morgan fingerprint density at radius 2 is 2.00 bits per heavy atom. The Kier molecular flexibility index (Phi) is 5.23. The lowest BCUT2D eigenvalue weighted by Crippen LogP contribution is -2.43. The zero-order chi connectivity index (χ0) is 16.2. The van der Waals surface area contributed by atoms with Crippen LogP contribution >= 0.6 is 0 Å². The monoisotopic (exact) mass is 315 g/mol. The average molecular weight is 315 g/mol. The fraction of sp³-hybridized carbons (Fsp3) is 0.579. The van der Waals surface area contributed by atoms with E-state index in [0.717, 1.165) is 25.3 Å². The number of benzene rings is 1. The minimum absolute atomic E-state index is 0.479. The Labute approximate surface area is 139 Å². The number of ether oxygens (including phenoxy) is 1. The molecule has 1 aromatic heterocycles. The average Bonchev–Trinajstić information content (AvgIpc) is 2.94. The van der Waals surface area contributed by atoms with Crippen molar-refractivity contribution < 1.29 is 4.74 Å². The minimum Gasteiger partial charge on any atom is -0.497 e. The number of rotatable bonds is 6. The van der Waals surface area contributed by atoms with Gasteiger partial charge >= 0.3 is 0 Å². The molecule has 1 aliphatic heterocycles. The Bertz CT molecular complexity index is 641. The van der Waals surface area contributed by atoms with E-state index >= 15 is 0 Å². The summed E-state index contributed by atoms with van der Waals surface area (Å²) in [5.74, 6) is 0.947. The Morgan fingerprint density at radius 1 is 1.22 bits per heavy atom. The van der Waals surface area contributed by atoms with Crippen LogP contribution in [0.15, 0.2) is 24.4 Å². The van der Waals surface area contributed by atoms with Crippen LogP contribution in [-0.2, 0) is 6.42 Å². The molecule has 0 unspecified atom stereocenters. The van der Waals surface area contributed by atoms with Gasteiger partial charge in [-0.15, -0.1) is 0 Å². The number of hydrogen-bond acceptors (Lipinski definition) is 3. The van der Waals surface area contributed by atoms with Crippen molar-refractivity contribution in [3.05, 3.63) is 30.0 Å². The van der Waals surface area contributed by atoms with Crippen molar-refractivity contribution in [1.82, 2.24) is 14.8 Å². The van der Waals surface area contributed by atoms with E-state index in [-0.39, 0.29) is 0 Å². The largest absolute Gasteiger partial charge is 0.497 e. The number of aromatic nitrogens is 1. The van der Waals surface area contributed by atoms with Gasteiger partial charge in [-0.05, 0) is 57.0 Å². The number of methoxy groups -OCH3 is 1. The molecule has 1 aromatic carbocycles. The Hall–Kier alpha value is -1.52. The van der Waals surface area contributed by atoms with E-state index in [9.17, 15) is 0 Å². The number of hydrogen-bond donors (Lipinski definition) is 1. The van der Waals surface area contributed by atoms with Crippen LogP contribution < -0.4 is 10.1 Å². The van der Waals surface area contributed by atoms with Gasteiger partial charge in [-0.25, -0.2) is 0 Å². The van der Waals surface area contributed by atoms with Gasteiger partial charge in [0.25, 0.3) is 0 Å². The third kappa shape index (κ3) is 3.70. The maximum absolute atomic E-state index is 5.42. The van der Waals surface area contributed by atoms with Gasteiger partial charge in [-0.3, -0.25) is 0 Å². The predicted molar refractivity (Wildman–Crippen MR) is 96.5 cm³/mol. The van der Waals surface area contributed by atoms with Gasteiger partial charge < -0.3 is 19.5 Å². The highest BCUT2D eigenvalue weighted by Crippen LogP contribution is 2.29. The lowest BCUT2D eigenvalue weighted by molar-refractivity contribution is 0.238. The van der Waals surface area contributed by atoms with E-state index in [4.69, 9.17) is 4.74 Å². The zero-order valence-electron chi connectivity index (χ0n) is 14.6. The van der Waals surface area contributed by atoms with Crippen molar-refractivity contribution in [3.63, 3.8) is 0 Å². The number of aryl methyl sites for hydroxylation is 1. The molecule has 4 heteroatoms. The summed E-state index contributed by atoms with van der Waals surface area (Å²) < 4.78 is 7.81. The highest BCUT2D eigenvalue weighted by Gasteiger charge is 2.13. The van der Waals surface area contributed by atoms with Crippen molar-refractivity contribution in [3.8, 4) is 5.75 Å². The maximum Gasteiger partial charge on any atom is 0.119 e. The minimum atomic E-state index is 0.479. The van der Waals surface area contributed by atoms with Crippen LogP contribution in [0.1, 0.15) is 31.9 Å². The van der Waals surface area contributed by atoms with Gasteiger partial charge in [0.2, 0.25) is 0 Å². The molecule has 2 heterocycles. The van der Waals surface area contributed by atoms with E-state index in [2.05, 4.69) is 53.0 Å². The molecule has 0 atom stereocenters. The molecule has 126 valence electrons. The molecule has 1 fully saturated rings. The van der Waals surface area contributed by atoms with Gasteiger partial charge in [-0.1, -0.05) is 0 Å². The lowest BCUT2D eigenvalue weighted by atomic mass is 10.1. The van der Waals surface area contributed by atoms with E-state index in [1.807, 2.05) is 0 Å². The Morgan fingerprint density at radius 3 is 2.70 bits per heavy atom. The van der Waals surface area contributed by atoms with Gasteiger partial charge in [0, 0.05) is 49.3 Å². The molecular formula is C19H29N3O. The first-order valence-corrected chi connectivity index (χ1v) is 8.79. The summed E-state index contributed by atoms with van der Waals surface area (Å²) in [4.78, 5) is 2.57. The summed E-state index contributed by atoms with van der Waals surface area (Å²) in [5.41, 5.74) is 2.76. The number of nitrogens with zero attached hydrogens (tertiary/aromatic N) is 2. The third-order valence-electron chi connectivity index (χ3n) is 4.81. The van der Waals surface area contributed by atoms with Crippen LogP contribution in [0.2, 0.25) is 0 Å².